The maximum absolute atomic E-state index is 12.3. The average Bonchev–Trinajstić information content (AvgIpc) is 2.44. The van der Waals surface area contributed by atoms with E-state index < -0.39 is 11.5 Å². The summed E-state index contributed by atoms with van der Waals surface area (Å²) in [5.74, 6) is -1.35. The van der Waals surface area contributed by atoms with Crippen LogP contribution < -0.4 is 10.6 Å². The number of aliphatic carboxylic acids is 1. The molecule has 0 radical (unpaired) electrons. The molecule has 0 aromatic heterocycles. The standard InChI is InChI=1S/C16H20N2O4/c1-2-13(19)17-12-6-3-5-11(9-12)15(22)18-16(7-4-8-16)10-14(20)21/h3,5-6,9H,2,4,7-8,10H2,1H3,(H,17,19)(H,18,22)(H,20,21). The molecule has 1 fully saturated rings. The minimum atomic E-state index is -0.913. The van der Waals surface area contributed by atoms with Gasteiger partial charge in [-0.1, -0.05) is 13.0 Å². The maximum Gasteiger partial charge on any atom is 0.305 e. The number of hydrogen-bond donors (Lipinski definition) is 3. The number of carboxylic acids is 1. The molecule has 118 valence electrons. The van der Waals surface area contributed by atoms with E-state index in [0.29, 0.717) is 30.5 Å². The summed E-state index contributed by atoms with van der Waals surface area (Å²) in [6.07, 6.45) is 2.57. The SMILES string of the molecule is CCC(=O)Nc1cccc(C(=O)NC2(CC(=O)O)CCC2)c1. The van der Waals surface area contributed by atoms with Crippen molar-refractivity contribution in [3.05, 3.63) is 29.8 Å². The number of nitrogens with one attached hydrogen (secondary N) is 2. The Kier molecular flexibility index (Phi) is 4.80. The Morgan fingerprint density at radius 1 is 1.27 bits per heavy atom. The molecule has 1 saturated carbocycles. The van der Waals surface area contributed by atoms with E-state index in [1.807, 2.05) is 0 Å². The highest BCUT2D eigenvalue weighted by atomic mass is 16.4. The van der Waals surface area contributed by atoms with Gasteiger partial charge < -0.3 is 15.7 Å². The summed E-state index contributed by atoms with van der Waals surface area (Å²) in [4.78, 5) is 34.7. The highest BCUT2D eigenvalue weighted by molar-refractivity contribution is 5.97. The molecule has 6 heteroatoms. The van der Waals surface area contributed by atoms with Gasteiger partial charge in [0.25, 0.3) is 5.91 Å². The molecule has 3 N–H and O–H groups in total. The van der Waals surface area contributed by atoms with Gasteiger partial charge in [-0.05, 0) is 37.5 Å². The first-order valence-electron chi connectivity index (χ1n) is 7.38. The molecule has 1 aromatic carbocycles. The molecule has 6 nitrogen and oxygen atoms in total. The predicted octanol–water partition coefficient (Wildman–Crippen LogP) is 2.16. The molecule has 0 aliphatic heterocycles. The number of amides is 2. The Bertz CT molecular complexity index is 594. The molecule has 1 aliphatic rings. The van der Waals surface area contributed by atoms with Crippen molar-refractivity contribution in [2.24, 2.45) is 0 Å². The Balaban J connectivity index is 2.07. The summed E-state index contributed by atoms with van der Waals surface area (Å²) in [6, 6.07) is 6.63. The zero-order valence-corrected chi connectivity index (χ0v) is 12.5. The van der Waals surface area contributed by atoms with Gasteiger partial charge in [0, 0.05) is 17.7 Å². The second kappa shape index (κ2) is 6.60. The highest BCUT2D eigenvalue weighted by Crippen LogP contribution is 2.35. The van der Waals surface area contributed by atoms with Crippen molar-refractivity contribution < 1.29 is 19.5 Å². The Hall–Kier alpha value is -2.37. The van der Waals surface area contributed by atoms with Crippen molar-refractivity contribution in [3.8, 4) is 0 Å². The predicted molar refractivity (Wildman–Crippen MR) is 81.7 cm³/mol. The Morgan fingerprint density at radius 2 is 2.00 bits per heavy atom. The van der Waals surface area contributed by atoms with Crippen molar-refractivity contribution in [1.29, 1.82) is 0 Å². The second-order valence-electron chi connectivity index (χ2n) is 5.64. The van der Waals surface area contributed by atoms with Crippen LogP contribution in [0.2, 0.25) is 0 Å². The van der Waals surface area contributed by atoms with Crippen LogP contribution >= 0.6 is 0 Å². The average molecular weight is 304 g/mol. The molecule has 0 atom stereocenters. The fraction of sp³-hybridized carbons (Fsp3) is 0.438. The second-order valence-corrected chi connectivity index (χ2v) is 5.64. The summed E-state index contributed by atoms with van der Waals surface area (Å²) in [5.41, 5.74) is 0.331. The van der Waals surface area contributed by atoms with Crippen molar-refractivity contribution >= 4 is 23.5 Å². The zero-order chi connectivity index (χ0) is 16.2. The van der Waals surface area contributed by atoms with E-state index in [1.54, 1.807) is 31.2 Å². The van der Waals surface area contributed by atoms with Crippen LogP contribution in [0.3, 0.4) is 0 Å². The van der Waals surface area contributed by atoms with E-state index in [-0.39, 0.29) is 18.2 Å². The van der Waals surface area contributed by atoms with Crippen LogP contribution in [0.4, 0.5) is 5.69 Å². The number of carboxylic acid groups (broad SMARTS) is 1. The number of hydrogen-bond acceptors (Lipinski definition) is 3. The van der Waals surface area contributed by atoms with Crippen LogP contribution in [-0.2, 0) is 9.59 Å². The van der Waals surface area contributed by atoms with Gasteiger partial charge in [-0.3, -0.25) is 14.4 Å². The summed E-state index contributed by atoms with van der Waals surface area (Å²) in [7, 11) is 0. The van der Waals surface area contributed by atoms with Crippen molar-refractivity contribution in [2.45, 2.75) is 44.6 Å². The Labute approximate surface area is 128 Å². The molecule has 22 heavy (non-hydrogen) atoms. The van der Waals surface area contributed by atoms with Gasteiger partial charge >= 0.3 is 5.97 Å². The summed E-state index contributed by atoms with van der Waals surface area (Å²) < 4.78 is 0. The number of benzene rings is 1. The lowest BCUT2D eigenvalue weighted by Gasteiger charge is -2.41. The van der Waals surface area contributed by atoms with Gasteiger partial charge in [-0.2, -0.15) is 0 Å². The smallest absolute Gasteiger partial charge is 0.305 e. The zero-order valence-electron chi connectivity index (χ0n) is 12.5. The van der Waals surface area contributed by atoms with E-state index in [4.69, 9.17) is 5.11 Å². The quantitative estimate of drug-likeness (QED) is 0.750. The molecular weight excluding hydrogens is 284 g/mol. The van der Waals surface area contributed by atoms with Gasteiger partial charge in [-0.25, -0.2) is 0 Å². The molecular formula is C16H20N2O4. The molecule has 1 aliphatic carbocycles. The van der Waals surface area contributed by atoms with Gasteiger partial charge in [0.1, 0.15) is 0 Å². The van der Waals surface area contributed by atoms with Crippen LogP contribution in [0.15, 0.2) is 24.3 Å². The fourth-order valence-electron chi connectivity index (χ4n) is 2.54. The summed E-state index contributed by atoms with van der Waals surface area (Å²) in [6.45, 7) is 1.75. The fourth-order valence-corrected chi connectivity index (χ4v) is 2.54. The number of anilines is 1. The van der Waals surface area contributed by atoms with E-state index >= 15 is 0 Å². The van der Waals surface area contributed by atoms with Gasteiger partial charge in [0.15, 0.2) is 0 Å². The maximum atomic E-state index is 12.3. The van der Waals surface area contributed by atoms with E-state index in [9.17, 15) is 14.4 Å². The van der Waals surface area contributed by atoms with Crippen LogP contribution in [0.25, 0.3) is 0 Å². The molecule has 0 bridgehead atoms. The minimum Gasteiger partial charge on any atom is -0.481 e. The van der Waals surface area contributed by atoms with Gasteiger partial charge in [0.2, 0.25) is 5.91 Å². The molecule has 0 saturated heterocycles. The lowest BCUT2D eigenvalue weighted by atomic mass is 9.74. The van der Waals surface area contributed by atoms with Crippen molar-refractivity contribution in [1.82, 2.24) is 5.32 Å². The number of carbonyl (C=O) groups is 3. The summed E-state index contributed by atoms with van der Waals surface area (Å²) in [5, 5.41) is 14.5. The molecule has 0 unspecified atom stereocenters. The third kappa shape index (κ3) is 3.84. The van der Waals surface area contributed by atoms with Crippen LogP contribution in [0, 0.1) is 0 Å². The number of carbonyl (C=O) groups excluding carboxylic acids is 2. The van der Waals surface area contributed by atoms with E-state index in [0.717, 1.165) is 6.42 Å². The first-order valence-corrected chi connectivity index (χ1v) is 7.38. The van der Waals surface area contributed by atoms with Crippen molar-refractivity contribution in [2.75, 3.05) is 5.32 Å². The van der Waals surface area contributed by atoms with Crippen LogP contribution in [0.5, 0.6) is 0 Å². The largest absolute Gasteiger partial charge is 0.481 e. The minimum absolute atomic E-state index is 0.0645. The third-order valence-corrected chi connectivity index (χ3v) is 3.91. The van der Waals surface area contributed by atoms with Crippen LogP contribution in [0.1, 0.15) is 49.4 Å². The van der Waals surface area contributed by atoms with Gasteiger partial charge in [0.05, 0.1) is 12.0 Å². The van der Waals surface area contributed by atoms with Crippen molar-refractivity contribution in [3.63, 3.8) is 0 Å². The molecule has 0 heterocycles. The molecule has 0 spiro atoms. The monoisotopic (exact) mass is 304 g/mol. The highest BCUT2D eigenvalue weighted by Gasteiger charge is 2.40. The molecule has 2 amide bonds. The first-order chi connectivity index (χ1) is 10.4. The lowest BCUT2D eigenvalue weighted by Crippen LogP contribution is -2.54. The molecule has 2 rings (SSSR count). The topological polar surface area (TPSA) is 95.5 Å². The Morgan fingerprint density at radius 3 is 2.55 bits per heavy atom. The van der Waals surface area contributed by atoms with Gasteiger partial charge in [-0.15, -0.1) is 0 Å². The lowest BCUT2D eigenvalue weighted by molar-refractivity contribution is -0.139. The van der Waals surface area contributed by atoms with Crippen LogP contribution in [-0.4, -0.2) is 28.4 Å². The van der Waals surface area contributed by atoms with E-state index in [2.05, 4.69) is 10.6 Å². The number of rotatable bonds is 6. The molecule has 1 aromatic rings. The van der Waals surface area contributed by atoms with E-state index in [1.165, 1.54) is 0 Å². The summed E-state index contributed by atoms with van der Waals surface area (Å²) >= 11 is 0. The normalized spacial score (nSPS) is 15.5. The first kappa shape index (κ1) is 16.0. The third-order valence-electron chi connectivity index (χ3n) is 3.91.